The van der Waals surface area contributed by atoms with E-state index in [-0.39, 0.29) is 11.7 Å². The number of benzene rings is 2. The Kier molecular flexibility index (Phi) is 3.61. The molecule has 4 rings (SSSR count). The summed E-state index contributed by atoms with van der Waals surface area (Å²) in [7, 11) is 0. The first-order chi connectivity index (χ1) is 11.7. The number of para-hydroxylation sites is 1. The lowest BCUT2D eigenvalue weighted by atomic mass is 10.2. The standard InChI is InChI=1S/C19H19N3O2/c23-16-7-5-15(6-8-16)21-9-11-22(12-10-21)19(24)18-13-14-3-1-2-4-17(14)20-18/h1-8,13,20,23H,9-12H2. The number of phenols is 1. The number of aromatic amines is 1. The highest BCUT2D eigenvalue weighted by Gasteiger charge is 2.23. The van der Waals surface area contributed by atoms with Crippen molar-refractivity contribution in [1.82, 2.24) is 9.88 Å². The summed E-state index contributed by atoms with van der Waals surface area (Å²) in [4.78, 5) is 20.0. The first-order valence-electron chi connectivity index (χ1n) is 8.12. The van der Waals surface area contributed by atoms with Crippen LogP contribution in [-0.4, -0.2) is 47.1 Å². The number of fused-ring (bicyclic) bond motifs is 1. The van der Waals surface area contributed by atoms with Gasteiger partial charge >= 0.3 is 0 Å². The fourth-order valence-corrected chi connectivity index (χ4v) is 3.19. The van der Waals surface area contributed by atoms with Crippen LogP contribution in [0.1, 0.15) is 10.5 Å². The quantitative estimate of drug-likeness (QED) is 0.763. The summed E-state index contributed by atoms with van der Waals surface area (Å²) in [5.41, 5.74) is 2.71. The van der Waals surface area contributed by atoms with Crippen LogP contribution in [0.3, 0.4) is 0 Å². The molecule has 0 atom stereocenters. The van der Waals surface area contributed by atoms with Crippen LogP contribution in [0.5, 0.6) is 5.75 Å². The van der Waals surface area contributed by atoms with E-state index in [1.807, 2.05) is 47.4 Å². The minimum atomic E-state index is 0.0524. The Balaban J connectivity index is 1.45. The van der Waals surface area contributed by atoms with Gasteiger partial charge in [0.2, 0.25) is 0 Å². The molecular weight excluding hydrogens is 302 g/mol. The molecule has 5 nitrogen and oxygen atoms in total. The minimum Gasteiger partial charge on any atom is -0.508 e. The van der Waals surface area contributed by atoms with Crippen LogP contribution < -0.4 is 4.90 Å². The third-order valence-corrected chi connectivity index (χ3v) is 4.54. The Bertz CT molecular complexity index is 829. The molecule has 1 amide bonds. The summed E-state index contributed by atoms with van der Waals surface area (Å²) in [6.45, 7) is 2.96. The molecular formula is C19H19N3O2. The van der Waals surface area contributed by atoms with E-state index >= 15 is 0 Å². The predicted octanol–water partition coefficient (Wildman–Crippen LogP) is 2.84. The van der Waals surface area contributed by atoms with Crippen LogP contribution in [0.4, 0.5) is 5.69 Å². The molecule has 24 heavy (non-hydrogen) atoms. The third kappa shape index (κ3) is 2.69. The minimum absolute atomic E-state index is 0.0524. The van der Waals surface area contributed by atoms with Crippen molar-refractivity contribution in [3.63, 3.8) is 0 Å². The van der Waals surface area contributed by atoms with Crippen LogP contribution in [0, 0.1) is 0 Å². The van der Waals surface area contributed by atoms with Gasteiger partial charge in [0.25, 0.3) is 5.91 Å². The van der Waals surface area contributed by atoms with Gasteiger partial charge in [0, 0.05) is 42.8 Å². The number of aromatic nitrogens is 1. The molecule has 1 saturated heterocycles. The lowest BCUT2D eigenvalue weighted by Crippen LogP contribution is -2.48. The van der Waals surface area contributed by atoms with E-state index < -0.39 is 0 Å². The van der Waals surface area contributed by atoms with Crippen LogP contribution in [0.2, 0.25) is 0 Å². The average molecular weight is 321 g/mol. The molecule has 122 valence electrons. The molecule has 0 spiro atoms. The van der Waals surface area contributed by atoms with Crippen LogP contribution in [-0.2, 0) is 0 Å². The second-order valence-electron chi connectivity index (χ2n) is 6.07. The van der Waals surface area contributed by atoms with E-state index in [0.29, 0.717) is 18.8 Å². The molecule has 2 heterocycles. The normalized spacial score (nSPS) is 15.0. The lowest BCUT2D eigenvalue weighted by molar-refractivity contribution is 0.0742. The van der Waals surface area contributed by atoms with Gasteiger partial charge in [0.15, 0.2) is 0 Å². The van der Waals surface area contributed by atoms with Gasteiger partial charge in [-0.25, -0.2) is 0 Å². The van der Waals surface area contributed by atoms with Gasteiger partial charge in [-0.15, -0.1) is 0 Å². The number of amides is 1. The Morgan fingerprint density at radius 3 is 2.38 bits per heavy atom. The largest absolute Gasteiger partial charge is 0.508 e. The van der Waals surface area contributed by atoms with E-state index in [1.54, 1.807) is 12.1 Å². The number of carbonyl (C=O) groups excluding carboxylic acids is 1. The predicted molar refractivity (Wildman–Crippen MR) is 94.5 cm³/mol. The Labute approximate surface area is 140 Å². The highest BCUT2D eigenvalue weighted by atomic mass is 16.3. The Morgan fingerprint density at radius 2 is 1.67 bits per heavy atom. The van der Waals surface area contributed by atoms with Crippen molar-refractivity contribution in [3.8, 4) is 5.75 Å². The SMILES string of the molecule is O=C(c1cc2ccccc2[nH]1)N1CCN(c2ccc(O)cc2)CC1. The zero-order valence-corrected chi connectivity index (χ0v) is 13.3. The average Bonchev–Trinajstić information content (AvgIpc) is 3.06. The van der Waals surface area contributed by atoms with E-state index in [1.165, 1.54) is 0 Å². The Morgan fingerprint density at radius 1 is 0.958 bits per heavy atom. The monoisotopic (exact) mass is 321 g/mol. The molecule has 1 aliphatic rings. The molecule has 1 aliphatic heterocycles. The van der Waals surface area contributed by atoms with Crippen LogP contribution in [0.15, 0.2) is 54.6 Å². The van der Waals surface area contributed by atoms with Gasteiger partial charge in [-0.2, -0.15) is 0 Å². The second-order valence-corrected chi connectivity index (χ2v) is 6.07. The van der Waals surface area contributed by atoms with Crippen molar-refractivity contribution in [1.29, 1.82) is 0 Å². The molecule has 0 aliphatic carbocycles. The topological polar surface area (TPSA) is 59.6 Å². The number of anilines is 1. The number of hydrogen-bond donors (Lipinski definition) is 2. The summed E-state index contributed by atoms with van der Waals surface area (Å²) in [6.07, 6.45) is 0. The fraction of sp³-hybridized carbons (Fsp3) is 0.211. The zero-order valence-electron chi connectivity index (χ0n) is 13.3. The highest BCUT2D eigenvalue weighted by Crippen LogP contribution is 2.21. The third-order valence-electron chi connectivity index (χ3n) is 4.54. The van der Waals surface area contributed by atoms with Crippen molar-refractivity contribution in [2.45, 2.75) is 0 Å². The van der Waals surface area contributed by atoms with E-state index in [4.69, 9.17) is 0 Å². The first kappa shape index (κ1) is 14.6. The van der Waals surface area contributed by atoms with Crippen molar-refractivity contribution < 1.29 is 9.90 Å². The van der Waals surface area contributed by atoms with Crippen LogP contribution >= 0.6 is 0 Å². The molecule has 1 fully saturated rings. The number of carbonyl (C=O) groups is 1. The zero-order chi connectivity index (χ0) is 16.5. The number of piperazine rings is 1. The maximum Gasteiger partial charge on any atom is 0.270 e. The van der Waals surface area contributed by atoms with Gasteiger partial charge < -0.3 is 19.9 Å². The summed E-state index contributed by atoms with van der Waals surface area (Å²) in [5.74, 6) is 0.322. The van der Waals surface area contributed by atoms with Crippen molar-refractivity contribution in [2.75, 3.05) is 31.1 Å². The molecule has 0 radical (unpaired) electrons. The number of hydrogen-bond acceptors (Lipinski definition) is 3. The first-order valence-corrected chi connectivity index (χ1v) is 8.12. The van der Waals surface area contributed by atoms with E-state index in [2.05, 4.69) is 9.88 Å². The number of phenolic OH excluding ortho intramolecular Hbond substituents is 1. The van der Waals surface area contributed by atoms with Crippen molar-refractivity contribution >= 4 is 22.5 Å². The van der Waals surface area contributed by atoms with E-state index in [0.717, 1.165) is 29.7 Å². The molecule has 5 heteroatoms. The number of aromatic hydroxyl groups is 1. The summed E-state index contributed by atoms with van der Waals surface area (Å²) >= 11 is 0. The maximum absolute atomic E-state index is 12.7. The molecule has 2 aromatic carbocycles. The van der Waals surface area contributed by atoms with Crippen molar-refractivity contribution in [2.24, 2.45) is 0 Å². The molecule has 0 saturated carbocycles. The van der Waals surface area contributed by atoms with E-state index in [9.17, 15) is 9.90 Å². The van der Waals surface area contributed by atoms with Gasteiger partial charge in [0.1, 0.15) is 11.4 Å². The summed E-state index contributed by atoms with van der Waals surface area (Å²) < 4.78 is 0. The van der Waals surface area contributed by atoms with Gasteiger partial charge in [0.05, 0.1) is 0 Å². The summed E-state index contributed by atoms with van der Waals surface area (Å²) in [6, 6.07) is 17.0. The van der Waals surface area contributed by atoms with Gasteiger partial charge in [-0.1, -0.05) is 18.2 Å². The van der Waals surface area contributed by atoms with Gasteiger partial charge in [-0.05, 0) is 36.4 Å². The number of nitrogens with zero attached hydrogens (tertiary/aromatic N) is 2. The van der Waals surface area contributed by atoms with Crippen molar-refractivity contribution in [3.05, 3.63) is 60.3 Å². The smallest absolute Gasteiger partial charge is 0.270 e. The number of H-pyrrole nitrogens is 1. The lowest BCUT2D eigenvalue weighted by Gasteiger charge is -2.36. The maximum atomic E-state index is 12.7. The fourth-order valence-electron chi connectivity index (χ4n) is 3.19. The molecule has 3 aromatic rings. The van der Waals surface area contributed by atoms with Crippen LogP contribution in [0.25, 0.3) is 10.9 Å². The molecule has 2 N–H and O–H groups in total. The number of nitrogens with one attached hydrogen (secondary N) is 1. The molecule has 1 aromatic heterocycles. The highest BCUT2D eigenvalue weighted by molar-refractivity contribution is 5.98. The number of rotatable bonds is 2. The second kappa shape index (κ2) is 5.92. The molecule has 0 bridgehead atoms. The molecule has 0 unspecified atom stereocenters. The van der Waals surface area contributed by atoms with Gasteiger partial charge in [-0.3, -0.25) is 4.79 Å². The summed E-state index contributed by atoms with van der Waals surface area (Å²) in [5, 5.41) is 10.4. The Hall–Kier alpha value is -2.95.